The van der Waals surface area contributed by atoms with E-state index in [0.717, 1.165) is 31.5 Å². The molecule has 0 heterocycles. The van der Waals surface area contributed by atoms with Gasteiger partial charge in [-0.2, -0.15) is 0 Å². The number of hydrogen-bond acceptors (Lipinski definition) is 2. The highest BCUT2D eigenvalue weighted by Crippen LogP contribution is 2.31. The van der Waals surface area contributed by atoms with Crippen molar-refractivity contribution in [2.24, 2.45) is 0 Å². The molecule has 1 N–H and O–H groups in total. The second-order valence-electron chi connectivity index (χ2n) is 5.64. The van der Waals surface area contributed by atoms with Crippen LogP contribution in [0.2, 0.25) is 0 Å². The molecule has 2 unspecified atom stereocenters. The number of benzene rings is 1. The Bertz CT molecular complexity index is 431. The maximum Gasteiger partial charge on any atom is 0.126 e. The zero-order valence-corrected chi connectivity index (χ0v) is 13.4. The topological polar surface area (TPSA) is 23.5 Å². The number of aryl methyl sites for hydroxylation is 1. The summed E-state index contributed by atoms with van der Waals surface area (Å²) >= 11 is 0. The van der Waals surface area contributed by atoms with Crippen LogP contribution in [0.4, 0.5) is 10.1 Å². The molecule has 114 valence electrons. The first kappa shape index (κ1) is 17.0. The number of aliphatic hydroxyl groups is 1. The summed E-state index contributed by atoms with van der Waals surface area (Å²) in [7, 11) is 0. The summed E-state index contributed by atoms with van der Waals surface area (Å²) in [5.74, 6) is -0.246. The third-order valence-electron chi connectivity index (χ3n) is 3.94. The Labute approximate surface area is 122 Å². The number of rotatable bonds is 7. The molecule has 0 fully saturated rings. The molecule has 1 aromatic rings. The van der Waals surface area contributed by atoms with Gasteiger partial charge in [-0.1, -0.05) is 20.3 Å². The predicted octanol–water partition coefficient (Wildman–Crippen LogP) is 4.59. The van der Waals surface area contributed by atoms with Gasteiger partial charge >= 0.3 is 0 Å². The van der Waals surface area contributed by atoms with Gasteiger partial charge in [-0.05, 0) is 51.3 Å². The molecule has 3 heteroatoms. The minimum Gasteiger partial charge on any atom is -0.389 e. The highest BCUT2D eigenvalue weighted by molar-refractivity contribution is 5.57. The number of anilines is 1. The molecule has 0 aromatic heterocycles. The normalized spacial score (nSPS) is 14.2. The van der Waals surface area contributed by atoms with Gasteiger partial charge in [-0.3, -0.25) is 0 Å². The van der Waals surface area contributed by atoms with E-state index >= 15 is 0 Å². The third kappa shape index (κ3) is 3.95. The zero-order chi connectivity index (χ0) is 15.3. The molecule has 0 amide bonds. The van der Waals surface area contributed by atoms with Gasteiger partial charge in [0, 0.05) is 23.8 Å². The van der Waals surface area contributed by atoms with Crippen LogP contribution in [-0.2, 0) is 0 Å². The number of unbranched alkanes of at least 4 members (excludes halogenated alkanes) is 1. The minimum atomic E-state index is -0.659. The number of nitrogens with zero attached hydrogens (tertiary/aromatic N) is 1. The third-order valence-corrected chi connectivity index (χ3v) is 3.94. The lowest BCUT2D eigenvalue weighted by Crippen LogP contribution is -2.34. The molecule has 0 radical (unpaired) electrons. The summed E-state index contributed by atoms with van der Waals surface area (Å²) in [5, 5.41) is 9.96. The van der Waals surface area contributed by atoms with Gasteiger partial charge < -0.3 is 10.0 Å². The van der Waals surface area contributed by atoms with Crippen LogP contribution < -0.4 is 4.90 Å². The van der Waals surface area contributed by atoms with Crippen molar-refractivity contribution in [1.29, 1.82) is 0 Å². The molecule has 0 aliphatic carbocycles. The molecule has 0 aliphatic heterocycles. The van der Waals surface area contributed by atoms with E-state index in [1.807, 2.05) is 6.07 Å². The lowest BCUT2D eigenvalue weighted by molar-refractivity contribution is 0.199. The molecule has 0 aliphatic rings. The summed E-state index contributed by atoms with van der Waals surface area (Å²) < 4.78 is 13.8. The second kappa shape index (κ2) is 7.63. The first-order valence-electron chi connectivity index (χ1n) is 7.67. The van der Waals surface area contributed by atoms with Crippen LogP contribution in [0.5, 0.6) is 0 Å². The Morgan fingerprint density at radius 3 is 2.40 bits per heavy atom. The summed E-state index contributed by atoms with van der Waals surface area (Å²) in [4.78, 5) is 2.30. The fourth-order valence-electron chi connectivity index (χ4n) is 2.39. The number of halogens is 1. The largest absolute Gasteiger partial charge is 0.389 e. The van der Waals surface area contributed by atoms with Crippen LogP contribution in [0.1, 0.15) is 64.2 Å². The average molecular weight is 281 g/mol. The highest BCUT2D eigenvalue weighted by Gasteiger charge is 2.20. The molecule has 20 heavy (non-hydrogen) atoms. The lowest BCUT2D eigenvalue weighted by atomic mass is 10.0. The Kier molecular flexibility index (Phi) is 6.47. The SMILES string of the molecule is CCCCN(c1cc(C)c(F)cc1C(C)O)C(C)CC. The summed E-state index contributed by atoms with van der Waals surface area (Å²) in [5.41, 5.74) is 2.29. The lowest BCUT2D eigenvalue weighted by Gasteiger charge is -2.33. The number of hydrogen-bond donors (Lipinski definition) is 1. The molecule has 0 saturated carbocycles. The Morgan fingerprint density at radius 2 is 1.90 bits per heavy atom. The summed E-state index contributed by atoms with van der Waals surface area (Å²) in [6, 6.07) is 3.74. The van der Waals surface area contributed by atoms with Gasteiger partial charge in [0.1, 0.15) is 5.82 Å². The summed E-state index contributed by atoms with van der Waals surface area (Å²) in [6.07, 6.45) is 2.59. The van der Waals surface area contributed by atoms with Gasteiger partial charge in [-0.25, -0.2) is 4.39 Å². The predicted molar refractivity (Wildman–Crippen MR) is 83.8 cm³/mol. The fraction of sp³-hybridized carbons (Fsp3) is 0.647. The van der Waals surface area contributed by atoms with E-state index in [2.05, 4.69) is 25.7 Å². The average Bonchev–Trinajstić information content (AvgIpc) is 2.41. The van der Waals surface area contributed by atoms with Crippen molar-refractivity contribution in [3.8, 4) is 0 Å². The van der Waals surface area contributed by atoms with Crippen LogP contribution in [0.3, 0.4) is 0 Å². The highest BCUT2D eigenvalue weighted by atomic mass is 19.1. The van der Waals surface area contributed by atoms with E-state index in [-0.39, 0.29) is 5.82 Å². The van der Waals surface area contributed by atoms with Crippen LogP contribution in [0, 0.1) is 12.7 Å². The molecular formula is C17H28FNO. The van der Waals surface area contributed by atoms with Crippen molar-refractivity contribution >= 4 is 5.69 Å². The molecule has 0 spiro atoms. The van der Waals surface area contributed by atoms with Crippen molar-refractivity contribution in [2.75, 3.05) is 11.4 Å². The smallest absolute Gasteiger partial charge is 0.126 e. The van der Waals surface area contributed by atoms with Gasteiger partial charge in [-0.15, -0.1) is 0 Å². The van der Waals surface area contributed by atoms with Crippen molar-refractivity contribution < 1.29 is 9.50 Å². The second-order valence-corrected chi connectivity index (χ2v) is 5.64. The van der Waals surface area contributed by atoms with Gasteiger partial charge in [0.2, 0.25) is 0 Å². The molecule has 2 atom stereocenters. The van der Waals surface area contributed by atoms with E-state index in [4.69, 9.17) is 0 Å². The minimum absolute atomic E-state index is 0.246. The van der Waals surface area contributed by atoms with E-state index in [0.29, 0.717) is 17.2 Å². The maximum atomic E-state index is 13.8. The fourth-order valence-corrected chi connectivity index (χ4v) is 2.39. The van der Waals surface area contributed by atoms with Crippen molar-refractivity contribution in [3.63, 3.8) is 0 Å². The van der Waals surface area contributed by atoms with Gasteiger partial charge in [0.15, 0.2) is 0 Å². The van der Waals surface area contributed by atoms with Crippen LogP contribution in [0.15, 0.2) is 12.1 Å². The number of aliphatic hydroxyl groups excluding tert-OH is 1. The summed E-state index contributed by atoms with van der Waals surface area (Å²) in [6.45, 7) is 10.9. The maximum absolute atomic E-state index is 13.8. The molecule has 0 bridgehead atoms. The van der Waals surface area contributed by atoms with Crippen molar-refractivity contribution in [1.82, 2.24) is 0 Å². The van der Waals surface area contributed by atoms with Gasteiger partial charge in [0.25, 0.3) is 0 Å². The van der Waals surface area contributed by atoms with E-state index in [9.17, 15) is 9.50 Å². The quantitative estimate of drug-likeness (QED) is 0.790. The molecule has 1 aromatic carbocycles. The standard InChI is InChI=1S/C17H28FNO/c1-6-8-9-19(13(4)7-2)17-10-12(3)16(18)11-15(17)14(5)20/h10-11,13-14,20H,6-9H2,1-5H3. The first-order valence-corrected chi connectivity index (χ1v) is 7.67. The molecule has 1 rings (SSSR count). The van der Waals surface area contributed by atoms with Gasteiger partial charge in [0.05, 0.1) is 6.10 Å². The van der Waals surface area contributed by atoms with Crippen molar-refractivity contribution in [2.45, 2.75) is 66.0 Å². The van der Waals surface area contributed by atoms with E-state index < -0.39 is 6.10 Å². The zero-order valence-electron chi connectivity index (χ0n) is 13.4. The Balaban J connectivity index is 3.26. The van der Waals surface area contributed by atoms with E-state index in [1.165, 1.54) is 6.07 Å². The van der Waals surface area contributed by atoms with Crippen LogP contribution in [-0.4, -0.2) is 17.7 Å². The molecular weight excluding hydrogens is 253 g/mol. The Hall–Kier alpha value is -1.09. The molecule has 0 saturated heterocycles. The van der Waals surface area contributed by atoms with E-state index in [1.54, 1.807) is 13.8 Å². The molecule has 2 nitrogen and oxygen atoms in total. The van der Waals surface area contributed by atoms with Crippen LogP contribution >= 0.6 is 0 Å². The first-order chi connectivity index (χ1) is 9.42. The van der Waals surface area contributed by atoms with Crippen molar-refractivity contribution in [3.05, 3.63) is 29.1 Å². The van der Waals surface area contributed by atoms with Crippen LogP contribution in [0.25, 0.3) is 0 Å². The Morgan fingerprint density at radius 1 is 1.25 bits per heavy atom. The monoisotopic (exact) mass is 281 g/mol.